The van der Waals surface area contributed by atoms with Gasteiger partial charge in [0.2, 0.25) is 17.7 Å². The van der Waals surface area contributed by atoms with Gasteiger partial charge >= 0.3 is 0 Å². The third-order valence-electron chi connectivity index (χ3n) is 3.82. The highest BCUT2D eigenvalue weighted by atomic mass is 19.2. The van der Waals surface area contributed by atoms with Crippen molar-refractivity contribution in [3.05, 3.63) is 23.3 Å². The number of piperidine rings is 1. The highest BCUT2D eigenvalue weighted by Crippen LogP contribution is 2.39. The molecule has 110 valence electrons. The lowest BCUT2D eigenvalue weighted by molar-refractivity contribution is -0.150. The van der Waals surface area contributed by atoms with Crippen LogP contribution in [-0.2, 0) is 19.2 Å². The second kappa shape index (κ2) is 4.57. The van der Waals surface area contributed by atoms with E-state index >= 15 is 0 Å². The number of fused-ring (bicyclic) bond motifs is 1. The molecule has 2 fully saturated rings. The zero-order chi connectivity index (χ0) is 15.3. The normalized spacial score (nSPS) is 29.6. The summed E-state index contributed by atoms with van der Waals surface area (Å²) in [6.07, 6.45) is 0.195. The minimum atomic E-state index is -1.17. The highest BCUT2D eigenvalue weighted by molar-refractivity contribution is 6.18. The Hall–Kier alpha value is -2.38. The molecule has 8 heteroatoms. The van der Waals surface area contributed by atoms with Crippen molar-refractivity contribution in [1.82, 2.24) is 10.2 Å². The van der Waals surface area contributed by atoms with Crippen LogP contribution in [-0.4, -0.2) is 34.6 Å². The van der Waals surface area contributed by atoms with Crippen LogP contribution in [0.2, 0.25) is 0 Å². The maximum absolute atomic E-state index is 13.3. The molecule has 3 aliphatic rings. The van der Waals surface area contributed by atoms with Crippen molar-refractivity contribution in [2.75, 3.05) is 0 Å². The Labute approximate surface area is 117 Å². The Bertz CT molecular complexity index is 653. The van der Waals surface area contributed by atoms with Gasteiger partial charge in [0, 0.05) is 18.4 Å². The van der Waals surface area contributed by atoms with E-state index in [2.05, 4.69) is 0 Å². The van der Waals surface area contributed by atoms with Crippen molar-refractivity contribution < 1.29 is 28.0 Å². The highest BCUT2D eigenvalue weighted by Gasteiger charge is 2.50. The maximum Gasteiger partial charge on any atom is 0.258 e. The predicted molar refractivity (Wildman–Crippen MR) is 63.5 cm³/mol. The average Bonchev–Trinajstić information content (AvgIpc) is 2.64. The van der Waals surface area contributed by atoms with Crippen LogP contribution in [0.1, 0.15) is 19.3 Å². The largest absolute Gasteiger partial charge is 0.295 e. The van der Waals surface area contributed by atoms with Crippen molar-refractivity contribution in [3.8, 4) is 0 Å². The van der Waals surface area contributed by atoms with Crippen LogP contribution >= 0.6 is 0 Å². The van der Waals surface area contributed by atoms with Crippen molar-refractivity contribution in [2.45, 2.75) is 25.3 Å². The molecule has 0 bridgehead atoms. The maximum atomic E-state index is 13.3. The standard InChI is InChI=1S/C13H10F2N2O4/c14-7-3-5-6(4-8(7)15)13(21)17(12(5)20)9-1-2-10(18)16-11(9)19/h3,6,9H,1-2,4H2,(H,16,18,19). The van der Waals surface area contributed by atoms with Gasteiger partial charge in [-0.05, 0) is 12.5 Å². The molecule has 21 heavy (non-hydrogen) atoms. The van der Waals surface area contributed by atoms with Gasteiger partial charge in [0.25, 0.3) is 5.91 Å². The summed E-state index contributed by atoms with van der Waals surface area (Å²) in [5.41, 5.74) is -0.149. The van der Waals surface area contributed by atoms with Crippen LogP contribution in [0.5, 0.6) is 0 Å². The molecule has 1 N–H and O–H groups in total. The monoisotopic (exact) mass is 296 g/mol. The zero-order valence-corrected chi connectivity index (χ0v) is 10.7. The first kappa shape index (κ1) is 13.6. The van der Waals surface area contributed by atoms with Gasteiger partial charge in [-0.1, -0.05) is 0 Å². The number of rotatable bonds is 1. The van der Waals surface area contributed by atoms with E-state index in [-0.39, 0.29) is 18.4 Å². The van der Waals surface area contributed by atoms with E-state index in [0.717, 1.165) is 0 Å². The van der Waals surface area contributed by atoms with E-state index in [9.17, 15) is 28.0 Å². The molecule has 2 atom stereocenters. The number of nitrogens with zero attached hydrogens (tertiary/aromatic N) is 1. The quantitative estimate of drug-likeness (QED) is 0.703. The molecule has 0 aromatic rings. The Morgan fingerprint density at radius 3 is 2.57 bits per heavy atom. The first-order chi connectivity index (χ1) is 9.90. The van der Waals surface area contributed by atoms with Gasteiger partial charge in [-0.15, -0.1) is 0 Å². The smallest absolute Gasteiger partial charge is 0.258 e. The number of allylic oxidation sites excluding steroid dienone is 3. The van der Waals surface area contributed by atoms with E-state index in [4.69, 9.17) is 0 Å². The fourth-order valence-electron chi connectivity index (χ4n) is 2.76. The summed E-state index contributed by atoms with van der Waals surface area (Å²) in [5.74, 6) is -6.12. The summed E-state index contributed by atoms with van der Waals surface area (Å²) >= 11 is 0. The third-order valence-corrected chi connectivity index (χ3v) is 3.82. The average molecular weight is 296 g/mol. The molecule has 0 spiro atoms. The fourth-order valence-corrected chi connectivity index (χ4v) is 2.76. The summed E-state index contributed by atoms with van der Waals surface area (Å²) < 4.78 is 26.5. The van der Waals surface area contributed by atoms with Gasteiger partial charge in [-0.2, -0.15) is 0 Å². The molecule has 1 aliphatic carbocycles. The number of hydrogen-bond donors (Lipinski definition) is 1. The minimum Gasteiger partial charge on any atom is -0.295 e. The molecule has 2 saturated heterocycles. The van der Waals surface area contributed by atoms with Crippen LogP contribution in [0.3, 0.4) is 0 Å². The number of likely N-dealkylation sites (tertiary alicyclic amines) is 1. The summed E-state index contributed by atoms with van der Waals surface area (Å²) in [4.78, 5) is 48.0. The number of nitrogens with one attached hydrogen (secondary N) is 1. The summed E-state index contributed by atoms with van der Waals surface area (Å²) in [6, 6.07) is -1.11. The molecule has 2 aliphatic heterocycles. The van der Waals surface area contributed by atoms with Gasteiger partial charge in [0.05, 0.1) is 5.92 Å². The molecule has 0 aromatic heterocycles. The Morgan fingerprint density at radius 1 is 1.19 bits per heavy atom. The molecule has 3 rings (SSSR count). The number of carbonyl (C=O) groups excluding carboxylic acids is 4. The molecule has 4 amide bonds. The first-order valence-corrected chi connectivity index (χ1v) is 6.37. The van der Waals surface area contributed by atoms with E-state index < -0.39 is 53.7 Å². The lowest BCUT2D eigenvalue weighted by Crippen LogP contribution is -2.54. The SMILES string of the molecule is O=C1CCC(N2C(=O)C3=CC(F)=C(F)CC3C2=O)C(=O)N1. The first-order valence-electron chi connectivity index (χ1n) is 6.37. The van der Waals surface area contributed by atoms with Crippen molar-refractivity contribution >= 4 is 23.6 Å². The van der Waals surface area contributed by atoms with Gasteiger partial charge < -0.3 is 0 Å². The van der Waals surface area contributed by atoms with Crippen molar-refractivity contribution in [3.63, 3.8) is 0 Å². The Kier molecular flexibility index (Phi) is 2.96. The second-order valence-corrected chi connectivity index (χ2v) is 5.09. The van der Waals surface area contributed by atoms with Gasteiger partial charge in [0.1, 0.15) is 11.9 Å². The predicted octanol–water partition coefficient (Wildman–Crippen LogP) is 0.257. The number of halogens is 2. The lowest BCUT2D eigenvalue weighted by Gasteiger charge is -2.27. The number of amides is 4. The Morgan fingerprint density at radius 2 is 1.90 bits per heavy atom. The molecule has 2 heterocycles. The fraction of sp³-hybridized carbons (Fsp3) is 0.385. The molecule has 0 aromatic carbocycles. The van der Waals surface area contributed by atoms with Crippen LogP contribution < -0.4 is 5.32 Å². The van der Waals surface area contributed by atoms with Gasteiger partial charge in [-0.3, -0.25) is 29.4 Å². The van der Waals surface area contributed by atoms with Gasteiger partial charge in [-0.25, -0.2) is 8.78 Å². The summed E-state index contributed by atoms with van der Waals surface area (Å²) in [5, 5.41) is 2.04. The van der Waals surface area contributed by atoms with E-state index in [0.29, 0.717) is 11.0 Å². The molecule has 2 unspecified atom stereocenters. The van der Waals surface area contributed by atoms with Crippen molar-refractivity contribution in [2.24, 2.45) is 5.92 Å². The molecule has 6 nitrogen and oxygen atoms in total. The number of imide groups is 2. The third kappa shape index (κ3) is 1.98. The topological polar surface area (TPSA) is 83.6 Å². The molecular weight excluding hydrogens is 286 g/mol. The van der Waals surface area contributed by atoms with E-state index in [1.54, 1.807) is 0 Å². The Balaban J connectivity index is 1.92. The van der Waals surface area contributed by atoms with Crippen LogP contribution in [0.15, 0.2) is 23.3 Å². The second-order valence-electron chi connectivity index (χ2n) is 5.09. The minimum absolute atomic E-state index is 0.00183. The van der Waals surface area contributed by atoms with Crippen LogP contribution in [0, 0.1) is 5.92 Å². The molecule has 0 radical (unpaired) electrons. The zero-order valence-electron chi connectivity index (χ0n) is 10.7. The van der Waals surface area contributed by atoms with Crippen LogP contribution in [0.25, 0.3) is 0 Å². The van der Waals surface area contributed by atoms with Crippen LogP contribution in [0.4, 0.5) is 8.78 Å². The summed E-state index contributed by atoms with van der Waals surface area (Å²) in [7, 11) is 0. The summed E-state index contributed by atoms with van der Waals surface area (Å²) in [6.45, 7) is 0. The number of hydrogen-bond acceptors (Lipinski definition) is 4. The van der Waals surface area contributed by atoms with E-state index in [1.807, 2.05) is 5.32 Å². The molecular formula is C13H10F2N2O4. The number of carbonyl (C=O) groups is 4. The van der Waals surface area contributed by atoms with Gasteiger partial charge in [0.15, 0.2) is 5.83 Å². The molecule has 0 saturated carbocycles. The lowest BCUT2D eigenvalue weighted by atomic mass is 9.93. The van der Waals surface area contributed by atoms with Crippen molar-refractivity contribution in [1.29, 1.82) is 0 Å². The van der Waals surface area contributed by atoms with E-state index in [1.165, 1.54) is 0 Å².